The van der Waals surface area contributed by atoms with Crippen molar-refractivity contribution in [1.29, 1.82) is 0 Å². The Hall–Kier alpha value is 0.150. The van der Waals surface area contributed by atoms with Gasteiger partial charge < -0.3 is 24.7 Å². The monoisotopic (exact) mass is 284 g/mol. The van der Waals surface area contributed by atoms with Crippen LogP contribution in [0, 0.1) is 0 Å². The van der Waals surface area contributed by atoms with E-state index in [0.29, 0.717) is 33.0 Å². The predicted molar refractivity (Wildman–Crippen MR) is 81.4 cm³/mol. The van der Waals surface area contributed by atoms with Crippen LogP contribution in [-0.2, 0) is 13.7 Å². The summed E-state index contributed by atoms with van der Waals surface area (Å²) in [5.74, 6) is 0.899. The second-order valence-corrected chi connectivity index (χ2v) is 7.26. The van der Waals surface area contributed by atoms with Gasteiger partial charge in [0, 0.05) is 26.1 Å². The van der Waals surface area contributed by atoms with Crippen molar-refractivity contribution in [3.8, 4) is 0 Å². The number of nitrogens with two attached hydrogens (primary N) is 1. The highest BCUT2D eigenvalue weighted by Gasteiger charge is 2.07. The SMILES string of the molecule is CC.COS(C)(C)CNCCOCCOCCN. The summed E-state index contributed by atoms with van der Waals surface area (Å²) in [6, 6.07) is 0. The molecular formula is C12H32N2O3S. The molecule has 0 aromatic rings. The van der Waals surface area contributed by atoms with Crippen LogP contribution in [0.5, 0.6) is 0 Å². The first-order chi connectivity index (χ1) is 8.62. The Kier molecular flexibility index (Phi) is 17.3. The lowest BCUT2D eigenvalue weighted by Gasteiger charge is -2.29. The maximum absolute atomic E-state index is 5.37. The Morgan fingerprint density at radius 2 is 1.56 bits per heavy atom. The molecule has 0 atom stereocenters. The summed E-state index contributed by atoms with van der Waals surface area (Å²) >= 11 is 0. The zero-order valence-corrected chi connectivity index (χ0v) is 13.5. The molecule has 0 aliphatic heterocycles. The fourth-order valence-electron chi connectivity index (χ4n) is 0.927. The van der Waals surface area contributed by atoms with E-state index in [2.05, 4.69) is 17.8 Å². The van der Waals surface area contributed by atoms with Crippen LogP contribution in [0.4, 0.5) is 0 Å². The van der Waals surface area contributed by atoms with Crippen molar-refractivity contribution in [2.45, 2.75) is 13.8 Å². The quantitative estimate of drug-likeness (QED) is 0.558. The smallest absolute Gasteiger partial charge is 0.0701 e. The molecule has 0 aromatic carbocycles. The van der Waals surface area contributed by atoms with Crippen molar-refractivity contribution in [1.82, 2.24) is 5.32 Å². The molecule has 0 fully saturated rings. The van der Waals surface area contributed by atoms with Gasteiger partial charge in [0.2, 0.25) is 0 Å². The molecule has 6 heteroatoms. The predicted octanol–water partition coefficient (Wildman–Crippen LogP) is 1.18. The molecule has 0 aliphatic carbocycles. The van der Waals surface area contributed by atoms with E-state index in [4.69, 9.17) is 19.4 Å². The van der Waals surface area contributed by atoms with Crippen molar-refractivity contribution in [2.24, 2.45) is 5.73 Å². The molecule has 0 unspecified atom stereocenters. The molecule has 18 heavy (non-hydrogen) atoms. The fourth-order valence-corrected chi connectivity index (χ4v) is 1.68. The summed E-state index contributed by atoms with van der Waals surface area (Å²) in [5.41, 5.74) is 5.28. The highest BCUT2D eigenvalue weighted by Crippen LogP contribution is 2.37. The zero-order chi connectivity index (χ0) is 14.3. The summed E-state index contributed by atoms with van der Waals surface area (Å²) in [7, 11) is 0.823. The summed E-state index contributed by atoms with van der Waals surface area (Å²) in [6.07, 6.45) is 4.25. The van der Waals surface area contributed by atoms with Gasteiger partial charge in [-0.2, -0.15) is 0 Å². The van der Waals surface area contributed by atoms with E-state index < -0.39 is 10.3 Å². The lowest BCUT2D eigenvalue weighted by molar-refractivity contribution is 0.0522. The standard InChI is InChI=1S/C10H26N2O3S.C2H6/c1-13-16(2,3)10-12-5-7-15-9-8-14-6-4-11;1-2/h12H,4-11H2,1-3H3;1-2H3. The van der Waals surface area contributed by atoms with Gasteiger partial charge in [-0.3, -0.25) is 0 Å². The molecule has 0 heterocycles. The van der Waals surface area contributed by atoms with Crippen LogP contribution in [0.2, 0.25) is 0 Å². The van der Waals surface area contributed by atoms with Gasteiger partial charge >= 0.3 is 0 Å². The molecule has 0 saturated heterocycles. The molecule has 0 rings (SSSR count). The van der Waals surface area contributed by atoms with Crippen LogP contribution in [0.1, 0.15) is 13.8 Å². The molecular weight excluding hydrogens is 252 g/mol. The number of hydrogen-bond donors (Lipinski definition) is 2. The van der Waals surface area contributed by atoms with E-state index in [1.165, 1.54) is 0 Å². The number of hydrogen-bond acceptors (Lipinski definition) is 5. The van der Waals surface area contributed by atoms with Crippen LogP contribution in [0.15, 0.2) is 0 Å². The van der Waals surface area contributed by atoms with Crippen LogP contribution in [0.3, 0.4) is 0 Å². The lowest BCUT2D eigenvalue weighted by Crippen LogP contribution is -2.25. The molecule has 0 spiro atoms. The van der Waals surface area contributed by atoms with Crippen LogP contribution in [0.25, 0.3) is 0 Å². The third kappa shape index (κ3) is 16.1. The summed E-state index contributed by atoms with van der Waals surface area (Å²) in [6.45, 7) is 7.96. The van der Waals surface area contributed by atoms with Gasteiger partial charge in [-0.25, -0.2) is 0 Å². The van der Waals surface area contributed by atoms with Gasteiger partial charge in [0.25, 0.3) is 0 Å². The van der Waals surface area contributed by atoms with Gasteiger partial charge in [-0.15, -0.1) is 10.3 Å². The number of rotatable bonds is 11. The average Bonchev–Trinajstić information content (AvgIpc) is 2.39. The largest absolute Gasteiger partial charge is 0.378 e. The molecule has 0 bridgehead atoms. The number of nitrogens with one attached hydrogen (secondary N) is 1. The second-order valence-electron chi connectivity index (χ2n) is 3.76. The molecule has 0 radical (unpaired) electrons. The maximum Gasteiger partial charge on any atom is 0.0701 e. The fraction of sp³-hybridized carbons (Fsp3) is 1.00. The zero-order valence-electron chi connectivity index (χ0n) is 12.7. The molecule has 0 aliphatic rings. The van der Waals surface area contributed by atoms with Crippen molar-refractivity contribution in [2.75, 3.05) is 65.0 Å². The van der Waals surface area contributed by atoms with Gasteiger partial charge in [0.05, 0.1) is 26.4 Å². The minimum absolute atomic E-state index is 0.566. The summed E-state index contributed by atoms with van der Waals surface area (Å²) < 4.78 is 15.9. The first kappa shape index (κ1) is 20.5. The van der Waals surface area contributed by atoms with E-state index in [1.54, 1.807) is 7.11 Å². The Morgan fingerprint density at radius 3 is 2.06 bits per heavy atom. The molecule has 3 N–H and O–H groups in total. The normalized spacial score (nSPS) is 11.9. The van der Waals surface area contributed by atoms with Gasteiger partial charge in [0.15, 0.2) is 0 Å². The average molecular weight is 284 g/mol. The maximum atomic E-state index is 5.37. The van der Waals surface area contributed by atoms with E-state index in [9.17, 15) is 0 Å². The summed E-state index contributed by atoms with van der Waals surface area (Å²) in [4.78, 5) is 0. The first-order valence-electron chi connectivity index (χ1n) is 6.45. The third-order valence-electron chi connectivity index (χ3n) is 1.96. The third-order valence-corrected chi connectivity index (χ3v) is 3.76. The topological polar surface area (TPSA) is 65.7 Å². The lowest BCUT2D eigenvalue weighted by atomic mass is 10.6. The van der Waals surface area contributed by atoms with Crippen molar-refractivity contribution in [3.05, 3.63) is 0 Å². The van der Waals surface area contributed by atoms with Crippen molar-refractivity contribution >= 4 is 10.3 Å². The molecule has 5 nitrogen and oxygen atoms in total. The first-order valence-corrected chi connectivity index (χ1v) is 8.99. The molecule has 0 aromatic heterocycles. The Balaban J connectivity index is 0. The van der Waals surface area contributed by atoms with Crippen LogP contribution >= 0.6 is 10.3 Å². The van der Waals surface area contributed by atoms with Gasteiger partial charge in [-0.05, 0) is 12.5 Å². The summed E-state index contributed by atoms with van der Waals surface area (Å²) in [5, 5.41) is 3.30. The van der Waals surface area contributed by atoms with Gasteiger partial charge in [-0.1, -0.05) is 13.8 Å². The van der Waals surface area contributed by atoms with Crippen LogP contribution < -0.4 is 11.1 Å². The molecule has 0 amide bonds. The minimum atomic E-state index is -0.929. The highest BCUT2D eigenvalue weighted by atomic mass is 32.3. The second kappa shape index (κ2) is 15.2. The van der Waals surface area contributed by atoms with E-state index in [-0.39, 0.29) is 0 Å². The Morgan fingerprint density at radius 1 is 1.00 bits per heavy atom. The van der Waals surface area contributed by atoms with Crippen LogP contribution in [-0.4, -0.2) is 65.0 Å². The molecule has 0 saturated carbocycles. The Bertz CT molecular complexity index is 160. The van der Waals surface area contributed by atoms with E-state index in [0.717, 1.165) is 12.4 Å². The van der Waals surface area contributed by atoms with E-state index in [1.807, 2.05) is 13.8 Å². The van der Waals surface area contributed by atoms with Gasteiger partial charge in [0.1, 0.15) is 0 Å². The Labute approximate surface area is 114 Å². The minimum Gasteiger partial charge on any atom is -0.378 e. The molecule has 114 valence electrons. The highest BCUT2D eigenvalue weighted by molar-refractivity contribution is 8.28. The van der Waals surface area contributed by atoms with E-state index >= 15 is 0 Å². The van der Waals surface area contributed by atoms with Crippen molar-refractivity contribution < 1.29 is 13.7 Å². The van der Waals surface area contributed by atoms with Crippen molar-refractivity contribution in [3.63, 3.8) is 0 Å². The number of ether oxygens (including phenoxy) is 2.